The predicted molar refractivity (Wildman–Crippen MR) is 82.2 cm³/mol. The number of thioether (sulfide) groups is 1. The molecular weight excluding hydrogens is 254 g/mol. The number of nitrogens with one attached hydrogen (secondary N) is 1. The minimum absolute atomic E-state index is 0.262. The molecule has 0 saturated heterocycles. The average molecular weight is 273 g/mol. The number of hydrogen-bond donors (Lipinski definition) is 1. The Balaban J connectivity index is 2.33. The summed E-state index contributed by atoms with van der Waals surface area (Å²) >= 11 is 1.69. The van der Waals surface area contributed by atoms with Crippen LogP contribution in [-0.2, 0) is 0 Å². The molecule has 2 rings (SSSR count). The third-order valence-electron chi connectivity index (χ3n) is 3.11. The predicted octanol–water partition coefficient (Wildman–Crippen LogP) is 4.48. The number of rotatable bonds is 5. The molecule has 2 nitrogen and oxygen atoms in total. The van der Waals surface area contributed by atoms with E-state index in [1.165, 1.54) is 5.56 Å². The molecule has 0 aliphatic rings. The summed E-state index contributed by atoms with van der Waals surface area (Å²) < 4.78 is 6.09. The van der Waals surface area contributed by atoms with Crippen LogP contribution < -0.4 is 10.1 Å². The highest BCUT2D eigenvalue weighted by atomic mass is 32.2. The van der Waals surface area contributed by atoms with Gasteiger partial charge >= 0.3 is 0 Å². The zero-order valence-electron chi connectivity index (χ0n) is 11.5. The van der Waals surface area contributed by atoms with Crippen LogP contribution in [-0.4, -0.2) is 13.3 Å². The van der Waals surface area contributed by atoms with Gasteiger partial charge in [0.1, 0.15) is 11.5 Å². The van der Waals surface area contributed by atoms with Crippen molar-refractivity contribution in [1.82, 2.24) is 5.32 Å². The normalized spacial score (nSPS) is 12.2. The molecule has 0 saturated carbocycles. The summed E-state index contributed by atoms with van der Waals surface area (Å²) in [6, 6.07) is 16.5. The third-order valence-corrected chi connectivity index (χ3v) is 3.88. The molecule has 0 amide bonds. The second kappa shape index (κ2) is 6.64. The van der Waals surface area contributed by atoms with E-state index in [0.29, 0.717) is 0 Å². The smallest absolute Gasteiger partial charge is 0.140 e. The van der Waals surface area contributed by atoms with Crippen molar-refractivity contribution >= 4 is 11.8 Å². The first-order chi connectivity index (χ1) is 9.26. The van der Waals surface area contributed by atoms with E-state index in [1.54, 1.807) is 11.8 Å². The Kier molecular flexibility index (Phi) is 4.88. The van der Waals surface area contributed by atoms with Gasteiger partial charge in [0.2, 0.25) is 0 Å². The summed E-state index contributed by atoms with van der Waals surface area (Å²) in [7, 11) is 1.96. The number of ether oxygens (including phenoxy) is 1. The maximum Gasteiger partial charge on any atom is 0.140 e. The van der Waals surface area contributed by atoms with E-state index < -0.39 is 0 Å². The lowest BCUT2D eigenvalue weighted by Crippen LogP contribution is -2.13. The fraction of sp³-hybridized carbons (Fsp3) is 0.250. The number of para-hydroxylation sites is 2. The van der Waals surface area contributed by atoms with Gasteiger partial charge in [0, 0.05) is 16.5 Å². The van der Waals surface area contributed by atoms with Crippen molar-refractivity contribution < 1.29 is 4.74 Å². The van der Waals surface area contributed by atoms with Crippen LogP contribution in [0, 0.1) is 0 Å². The summed E-state index contributed by atoms with van der Waals surface area (Å²) in [5.74, 6) is 1.82. The Labute approximate surface area is 119 Å². The molecule has 100 valence electrons. The zero-order valence-corrected chi connectivity index (χ0v) is 12.3. The Bertz CT molecular complexity index is 542. The summed E-state index contributed by atoms with van der Waals surface area (Å²) in [5, 5.41) is 3.25. The quantitative estimate of drug-likeness (QED) is 0.811. The van der Waals surface area contributed by atoms with Crippen LogP contribution in [0.25, 0.3) is 0 Å². The van der Waals surface area contributed by atoms with Crippen LogP contribution in [0.1, 0.15) is 18.5 Å². The fourth-order valence-electron chi connectivity index (χ4n) is 1.91. The molecule has 1 unspecified atom stereocenters. The Hall–Kier alpha value is -1.45. The minimum Gasteiger partial charge on any atom is -0.456 e. The molecule has 0 bridgehead atoms. The van der Waals surface area contributed by atoms with Gasteiger partial charge in [-0.1, -0.05) is 30.3 Å². The topological polar surface area (TPSA) is 21.3 Å². The molecule has 0 fully saturated rings. The summed E-state index contributed by atoms with van der Waals surface area (Å²) in [4.78, 5) is 1.15. The molecule has 2 aromatic rings. The van der Waals surface area contributed by atoms with E-state index in [9.17, 15) is 0 Å². The monoisotopic (exact) mass is 273 g/mol. The second-order valence-corrected chi connectivity index (χ2v) is 5.15. The van der Waals surface area contributed by atoms with Gasteiger partial charge in [-0.2, -0.15) is 0 Å². The van der Waals surface area contributed by atoms with Gasteiger partial charge in [-0.15, -0.1) is 11.8 Å². The lowest BCUT2D eigenvalue weighted by atomic mass is 10.1. The second-order valence-electron chi connectivity index (χ2n) is 4.30. The maximum absolute atomic E-state index is 6.09. The van der Waals surface area contributed by atoms with Gasteiger partial charge in [-0.3, -0.25) is 0 Å². The number of benzene rings is 2. The van der Waals surface area contributed by atoms with E-state index in [0.717, 1.165) is 16.4 Å². The first-order valence-electron chi connectivity index (χ1n) is 6.33. The zero-order chi connectivity index (χ0) is 13.7. The SMILES string of the molecule is CNC(C)c1ccccc1Oc1ccccc1SC. The summed E-state index contributed by atoms with van der Waals surface area (Å²) in [5.41, 5.74) is 1.17. The lowest BCUT2D eigenvalue weighted by Gasteiger charge is -2.17. The van der Waals surface area contributed by atoms with Gasteiger partial charge in [-0.25, -0.2) is 0 Å². The molecule has 2 aromatic carbocycles. The molecule has 0 aromatic heterocycles. The highest BCUT2D eigenvalue weighted by Crippen LogP contribution is 2.34. The lowest BCUT2D eigenvalue weighted by molar-refractivity contribution is 0.456. The van der Waals surface area contributed by atoms with E-state index in [4.69, 9.17) is 4.74 Å². The van der Waals surface area contributed by atoms with Gasteiger partial charge in [0.25, 0.3) is 0 Å². The summed E-state index contributed by atoms with van der Waals surface area (Å²) in [6.45, 7) is 2.13. The fourth-order valence-corrected chi connectivity index (χ4v) is 2.43. The molecular formula is C16H19NOS. The molecule has 0 heterocycles. The minimum atomic E-state index is 0.262. The Morgan fingerprint density at radius 3 is 2.32 bits per heavy atom. The van der Waals surface area contributed by atoms with Gasteiger partial charge < -0.3 is 10.1 Å². The van der Waals surface area contributed by atoms with Crippen LogP contribution >= 0.6 is 11.8 Å². The Morgan fingerprint density at radius 2 is 1.63 bits per heavy atom. The van der Waals surface area contributed by atoms with Gasteiger partial charge in [0.05, 0.1) is 0 Å². The van der Waals surface area contributed by atoms with Crippen LogP contribution in [0.4, 0.5) is 0 Å². The first kappa shape index (κ1) is 14.0. The van der Waals surface area contributed by atoms with Crippen LogP contribution in [0.2, 0.25) is 0 Å². The summed E-state index contributed by atoms with van der Waals surface area (Å²) in [6.07, 6.45) is 2.06. The van der Waals surface area contributed by atoms with Crippen molar-refractivity contribution in [2.45, 2.75) is 17.9 Å². The van der Waals surface area contributed by atoms with Crippen LogP contribution in [0.15, 0.2) is 53.4 Å². The van der Waals surface area contributed by atoms with E-state index in [-0.39, 0.29) is 6.04 Å². The molecule has 0 radical (unpaired) electrons. The molecule has 19 heavy (non-hydrogen) atoms. The van der Waals surface area contributed by atoms with Crippen molar-refractivity contribution in [3.63, 3.8) is 0 Å². The third kappa shape index (κ3) is 3.31. The van der Waals surface area contributed by atoms with E-state index >= 15 is 0 Å². The molecule has 1 atom stereocenters. The highest BCUT2D eigenvalue weighted by molar-refractivity contribution is 7.98. The van der Waals surface area contributed by atoms with Crippen molar-refractivity contribution in [2.24, 2.45) is 0 Å². The molecule has 1 N–H and O–H groups in total. The first-order valence-corrected chi connectivity index (χ1v) is 7.55. The van der Waals surface area contributed by atoms with Crippen molar-refractivity contribution in [3.05, 3.63) is 54.1 Å². The van der Waals surface area contributed by atoms with Crippen molar-refractivity contribution in [2.75, 3.05) is 13.3 Å². The van der Waals surface area contributed by atoms with Crippen molar-refractivity contribution in [1.29, 1.82) is 0 Å². The van der Waals surface area contributed by atoms with Crippen molar-refractivity contribution in [3.8, 4) is 11.5 Å². The standard InChI is InChI=1S/C16H19NOS/c1-12(17-2)13-8-4-5-9-14(13)18-15-10-6-7-11-16(15)19-3/h4-12,17H,1-3H3. The molecule has 0 aliphatic carbocycles. The average Bonchev–Trinajstić information content (AvgIpc) is 2.47. The molecule has 0 aliphatic heterocycles. The maximum atomic E-state index is 6.09. The molecule has 0 spiro atoms. The van der Waals surface area contributed by atoms with E-state index in [1.807, 2.05) is 43.4 Å². The highest BCUT2D eigenvalue weighted by Gasteiger charge is 2.11. The van der Waals surface area contributed by atoms with Crippen LogP contribution in [0.5, 0.6) is 11.5 Å². The molecule has 3 heteroatoms. The van der Waals surface area contributed by atoms with E-state index in [2.05, 4.69) is 30.6 Å². The van der Waals surface area contributed by atoms with Gasteiger partial charge in [-0.05, 0) is 38.4 Å². The largest absolute Gasteiger partial charge is 0.456 e. The van der Waals surface area contributed by atoms with Gasteiger partial charge in [0.15, 0.2) is 0 Å². The Morgan fingerprint density at radius 1 is 1.00 bits per heavy atom. The number of hydrogen-bond acceptors (Lipinski definition) is 3. The van der Waals surface area contributed by atoms with Crippen LogP contribution in [0.3, 0.4) is 0 Å².